The van der Waals surface area contributed by atoms with Crippen molar-refractivity contribution in [3.05, 3.63) is 12.4 Å². The Hall–Kier alpha value is -1.85. The average Bonchev–Trinajstić information content (AvgIpc) is 2.46. The molecule has 2 heterocycles. The van der Waals surface area contributed by atoms with E-state index in [4.69, 9.17) is 9.47 Å². The van der Waals surface area contributed by atoms with E-state index < -0.39 is 0 Å². The standard InChI is InChI=1S/C12H17N3O3/c1-17-11-7-10(13-8-14-11)15-5-3-9(4-6-15)12(16)18-2/h7-9H,3-6H2,1-2H3. The van der Waals surface area contributed by atoms with Gasteiger partial charge >= 0.3 is 5.97 Å². The molecule has 0 radical (unpaired) electrons. The fourth-order valence-electron chi connectivity index (χ4n) is 2.13. The third-order valence-electron chi connectivity index (χ3n) is 3.19. The highest BCUT2D eigenvalue weighted by Gasteiger charge is 2.26. The van der Waals surface area contributed by atoms with Gasteiger partial charge in [-0.3, -0.25) is 4.79 Å². The number of ether oxygens (including phenoxy) is 2. The molecule has 0 amide bonds. The molecule has 0 aliphatic carbocycles. The molecule has 0 spiro atoms. The number of carbonyl (C=O) groups is 1. The van der Waals surface area contributed by atoms with Crippen molar-refractivity contribution in [2.75, 3.05) is 32.2 Å². The lowest BCUT2D eigenvalue weighted by Gasteiger charge is -2.31. The molecule has 0 aromatic carbocycles. The summed E-state index contributed by atoms with van der Waals surface area (Å²) < 4.78 is 9.83. The van der Waals surface area contributed by atoms with E-state index >= 15 is 0 Å². The highest BCUT2D eigenvalue weighted by molar-refractivity contribution is 5.72. The minimum absolute atomic E-state index is 0.00924. The molecule has 6 nitrogen and oxygen atoms in total. The van der Waals surface area contributed by atoms with Crippen LogP contribution in [0.4, 0.5) is 5.82 Å². The highest BCUT2D eigenvalue weighted by Crippen LogP contribution is 2.23. The minimum Gasteiger partial charge on any atom is -0.481 e. The van der Waals surface area contributed by atoms with E-state index in [0.29, 0.717) is 5.88 Å². The normalized spacial score (nSPS) is 16.4. The number of aromatic nitrogens is 2. The van der Waals surface area contributed by atoms with Crippen LogP contribution in [0, 0.1) is 5.92 Å². The summed E-state index contributed by atoms with van der Waals surface area (Å²) in [4.78, 5) is 21.7. The molecule has 0 bridgehead atoms. The van der Waals surface area contributed by atoms with Crippen LogP contribution < -0.4 is 9.64 Å². The molecule has 1 aromatic rings. The molecular formula is C12H17N3O3. The van der Waals surface area contributed by atoms with Gasteiger partial charge in [-0.25, -0.2) is 9.97 Å². The Morgan fingerprint density at radius 1 is 1.33 bits per heavy atom. The van der Waals surface area contributed by atoms with E-state index in [-0.39, 0.29) is 11.9 Å². The average molecular weight is 251 g/mol. The first-order valence-corrected chi connectivity index (χ1v) is 5.93. The van der Waals surface area contributed by atoms with E-state index in [2.05, 4.69) is 14.9 Å². The van der Waals surface area contributed by atoms with Crippen molar-refractivity contribution in [1.82, 2.24) is 9.97 Å². The lowest BCUT2D eigenvalue weighted by Crippen LogP contribution is -2.37. The number of anilines is 1. The number of nitrogens with zero attached hydrogens (tertiary/aromatic N) is 3. The maximum absolute atomic E-state index is 11.4. The van der Waals surface area contributed by atoms with Crippen LogP contribution in [0.15, 0.2) is 12.4 Å². The Bertz CT molecular complexity index is 417. The van der Waals surface area contributed by atoms with E-state index in [1.165, 1.54) is 13.4 Å². The van der Waals surface area contributed by atoms with Crippen molar-refractivity contribution in [3.63, 3.8) is 0 Å². The second kappa shape index (κ2) is 5.66. The number of hydrogen-bond donors (Lipinski definition) is 0. The summed E-state index contributed by atoms with van der Waals surface area (Å²) in [5.41, 5.74) is 0. The Labute approximate surface area is 106 Å². The molecular weight excluding hydrogens is 234 g/mol. The molecule has 98 valence electrons. The fraction of sp³-hybridized carbons (Fsp3) is 0.583. The zero-order valence-corrected chi connectivity index (χ0v) is 10.6. The van der Waals surface area contributed by atoms with Gasteiger partial charge in [0.25, 0.3) is 0 Å². The molecule has 1 aliphatic rings. The number of hydrogen-bond acceptors (Lipinski definition) is 6. The molecule has 0 N–H and O–H groups in total. The van der Waals surface area contributed by atoms with Crippen LogP contribution in [-0.2, 0) is 9.53 Å². The molecule has 2 rings (SSSR count). The first-order valence-electron chi connectivity index (χ1n) is 5.93. The zero-order valence-electron chi connectivity index (χ0n) is 10.6. The summed E-state index contributed by atoms with van der Waals surface area (Å²) in [6.45, 7) is 1.58. The van der Waals surface area contributed by atoms with E-state index in [1.807, 2.05) is 0 Å². The van der Waals surface area contributed by atoms with Gasteiger partial charge in [-0.1, -0.05) is 0 Å². The maximum Gasteiger partial charge on any atom is 0.308 e. The predicted molar refractivity (Wildman–Crippen MR) is 65.5 cm³/mol. The van der Waals surface area contributed by atoms with Gasteiger partial charge in [0.1, 0.15) is 12.1 Å². The number of rotatable bonds is 3. The van der Waals surface area contributed by atoms with Crippen molar-refractivity contribution in [2.24, 2.45) is 5.92 Å². The van der Waals surface area contributed by atoms with Crippen LogP contribution in [0.2, 0.25) is 0 Å². The summed E-state index contributed by atoms with van der Waals surface area (Å²) in [5, 5.41) is 0. The highest BCUT2D eigenvalue weighted by atomic mass is 16.5. The van der Waals surface area contributed by atoms with Crippen LogP contribution >= 0.6 is 0 Å². The van der Waals surface area contributed by atoms with Gasteiger partial charge in [0.15, 0.2) is 0 Å². The van der Waals surface area contributed by atoms with Gasteiger partial charge in [0, 0.05) is 19.2 Å². The van der Waals surface area contributed by atoms with Crippen molar-refractivity contribution in [1.29, 1.82) is 0 Å². The molecule has 1 aliphatic heterocycles. The summed E-state index contributed by atoms with van der Waals surface area (Å²) in [6.07, 6.45) is 3.07. The zero-order chi connectivity index (χ0) is 13.0. The SMILES string of the molecule is COC(=O)C1CCN(c2cc(OC)ncn2)CC1. The minimum atomic E-state index is -0.116. The van der Waals surface area contributed by atoms with Crippen LogP contribution in [0.25, 0.3) is 0 Å². The molecule has 0 unspecified atom stereocenters. The molecule has 1 saturated heterocycles. The van der Waals surface area contributed by atoms with Crippen LogP contribution in [0.1, 0.15) is 12.8 Å². The second-order valence-corrected chi connectivity index (χ2v) is 4.20. The summed E-state index contributed by atoms with van der Waals surface area (Å²) >= 11 is 0. The molecule has 1 fully saturated rings. The van der Waals surface area contributed by atoms with Gasteiger partial charge in [-0.15, -0.1) is 0 Å². The summed E-state index contributed by atoms with van der Waals surface area (Å²) in [6, 6.07) is 1.80. The number of carbonyl (C=O) groups excluding carboxylic acids is 1. The van der Waals surface area contributed by atoms with Crippen molar-refractivity contribution in [3.8, 4) is 5.88 Å². The Kier molecular flexibility index (Phi) is 3.96. The Morgan fingerprint density at radius 3 is 2.67 bits per heavy atom. The van der Waals surface area contributed by atoms with Gasteiger partial charge < -0.3 is 14.4 Å². The van der Waals surface area contributed by atoms with Gasteiger partial charge in [-0.2, -0.15) is 0 Å². The maximum atomic E-state index is 11.4. The number of piperidine rings is 1. The molecule has 1 aromatic heterocycles. The van der Waals surface area contributed by atoms with E-state index in [0.717, 1.165) is 31.7 Å². The Morgan fingerprint density at radius 2 is 2.06 bits per heavy atom. The van der Waals surface area contributed by atoms with Crippen molar-refractivity contribution in [2.45, 2.75) is 12.8 Å². The second-order valence-electron chi connectivity index (χ2n) is 4.20. The third-order valence-corrected chi connectivity index (χ3v) is 3.19. The summed E-state index contributed by atoms with van der Waals surface area (Å²) in [5.74, 6) is 1.28. The fourth-order valence-corrected chi connectivity index (χ4v) is 2.13. The predicted octanol–water partition coefficient (Wildman–Crippen LogP) is 0.875. The number of esters is 1. The smallest absolute Gasteiger partial charge is 0.308 e. The van der Waals surface area contributed by atoms with E-state index in [9.17, 15) is 4.79 Å². The van der Waals surface area contributed by atoms with Gasteiger partial charge in [0.05, 0.1) is 20.1 Å². The largest absolute Gasteiger partial charge is 0.481 e. The van der Waals surface area contributed by atoms with E-state index in [1.54, 1.807) is 13.2 Å². The molecule has 0 atom stereocenters. The van der Waals surface area contributed by atoms with Crippen LogP contribution in [-0.4, -0.2) is 43.2 Å². The molecule has 6 heteroatoms. The number of methoxy groups -OCH3 is 2. The Balaban J connectivity index is 1.98. The van der Waals surface area contributed by atoms with Crippen molar-refractivity contribution < 1.29 is 14.3 Å². The monoisotopic (exact) mass is 251 g/mol. The first kappa shape index (κ1) is 12.6. The summed E-state index contributed by atoms with van der Waals surface area (Å²) in [7, 11) is 3.01. The van der Waals surface area contributed by atoms with Gasteiger partial charge in [0.2, 0.25) is 5.88 Å². The van der Waals surface area contributed by atoms with Crippen LogP contribution in [0.5, 0.6) is 5.88 Å². The lowest BCUT2D eigenvalue weighted by molar-refractivity contribution is -0.146. The molecule has 18 heavy (non-hydrogen) atoms. The lowest BCUT2D eigenvalue weighted by atomic mass is 9.97. The van der Waals surface area contributed by atoms with Crippen LogP contribution in [0.3, 0.4) is 0 Å². The first-order chi connectivity index (χ1) is 8.74. The topological polar surface area (TPSA) is 64.5 Å². The molecule has 0 saturated carbocycles. The van der Waals surface area contributed by atoms with Gasteiger partial charge in [-0.05, 0) is 12.8 Å². The van der Waals surface area contributed by atoms with Crippen molar-refractivity contribution >= 4 is 11.8 Å². The third kappa shape index (κ3) is 2.69. The quantitative estimate of drug-likeness (QED) is 0.743.